The summed E-state index contributed by atoms with van der Waals surface area (Å²) in [7, 11) is 0. The van der Waals surface area contributed by atoms with Gasteiger partial charge in [0.2, 0.25) is 5.91 Å². The van der Waals surface area contributed by atoms with Crippen LogP contribution in [0, 0.1) is 0 Å². The van der Waals surface area contributed by atoms with Crippen molar-refractivity contribution in [2.75, 3.05) is 6.61 Å². The molecule has 4 nitrogen and oxygen atoms in total. The molecule has 0 saturated heterocycles. The normalized spacial score (nSPS) is 15.9. The van der Waals surface area contributed by atoms with E-state index in [2.05, 4.69) is 5.32 Å². The van der Waals surface area contributed by atoms with Crippen LogP contribution in [0.4, 0.5) is 0 Å². The summed E-state index contributed by atoms with van der Waals surface area (Å²) in [5, 5.41) is 12.8. The van der Waals surface area contributed by atoms with Crippen molar-refractivity contribution in [1.29, 1.82) is 0 Å². The highest BCUT2D eigenvalue weighted by Crippen LogP contribution is 2.26. The quantitative estimate of drug-likeness (QED) is 0.792. The van der Waals surface area contributed by atoms with Gasteiger partial charge in [-0.15, -0.1) is 0 Å². The van der Waals surface area contributed by atoms with E-state index in [1.807, 2.05) is 31.2 Å². The first-order valence-corrected chi connectivity index (χ1v) is 6.90. The second-order valence-corrected chi connectivity index (χ2v) is 4.90. The Morgan fingerprint density at radius 3 is 2.89 bits per heavy atom. The number of aliphatic hydroxyl groups is 1. The Labute approximate surface area is 113 Å². The van der Waals surface area contributed by atoms with Gasteiger partial charge in [-0.1, -0.05) is 25.1 Å². The molecule has 0 radical (unpaired) electrons. The summed E-state index contributed by atoms with van der Waals surface area (Å²) in [5.74, 6) is 0.701. The number of hydrogen-bond donors (Lipinski definition) is 2. The fourth-order valence-electron chi connectivity index (χ4n) is 1.89. The van der Waals surface area contributed by atoms with E-state index < -0.39 is 6.10 Å². The minimum absolute atomic E-state index is 0.0380. The first-order chi connectivity index (χ1) is 9.20. The third kappa shape index (κ3) is 4.24. The van der Waals surface area contributed by atoms with Crippen molar-refractivity contribution < 1.29 is 14.6 Å². The van der Waals surface area contributed by atoms with Gasteiger partial charge in [-0.2, -0.15) is 0 Å². The first-order valence-electron chi connectivity index (χ1n) is 6.90. The van der Waals surface area contributed by atoms with Gasteiger partial charge < -0.3 is 15.2 Å². The fourth-order valence-corrected chi connectivity index (χ4v) is 1.89. The van der Waals surface area contributed by atoms with Crippen LogP contribution < -0.4 is 10.1 Å². The zero-order valence-electron chi connectivity index (χ0n) is 11.3. The molecule has 2 N–H and O–H groups in total. The molecule has 1 fully saturated rings. The van der Waals surface area contributed by atoms with Gasteiger partial charge in [0.05, 0.1) is 19.1 Å². The molecule has 104 valence electrons. The zero-order valence-corrected chi connectivity index (χ0v) is 11.3. The molecule has 2 rings (SSSR count). The highest BCUT2D eigenvalue weighted by Gasteiger charge is 2.22. The van der Waals surface area contributed by atoms with Gasteiger partial charge in [-0.05, 0) is 25.3 Å². The van der Waals surface area contributed by atoms with Crippen LogP contribution in [0.15, 0.2) is 24.3 Å². The predicted octanol–water partition coefficient (Wildman–Crippen LogP) is 2.18. The van der Waals surface area contributed by atoms with E-state index in [0.29, 0.717) is 31.2 Å². The van der Waals surface area contributed by atoms with Crippen LogP contribution in [0.25, 0.3) is 0 Å². The van der Waals surface area contributed by atoms with Crippen LogP contribution in [-0.2, 0) is 4.79 Å². The largest absolute Gasteiger partial charge is 0.493 e. The van der Waals surface area contributed by atoms with Gasteiger partial charge in [0, 0.05) is 11.6 Å². The lowest BCUT2D eigenvalue weighted by atomic mass is 10.1. The van der Waals surface area contributed by atoms with E-state index in [1.54, 1.807) is 0 Å². The fraction of sp³-hybridized carbons (Fsp3) is 0.533. The number of benzene rings is 1. The summed E-state index contributed by atoms with van der Waals surface area (Å²) in [6.07, 6.45) is 2.67. The van der Waals surface area contributed by atoms with Crippen molar-refractivity contribution in [3.05, 3.63) is 29.8 Å². The standard InChI is InChI=1S/C15H21NO3/c1-2-13(17)12-5-3-4-6-14(12)19-10-9-15(18)16-11-7-8-11/h3-6,11,13,17H,2,7-10H2,1H3,(H,16,18)/t13-/m1/s1. The molecule has 0 aliphatic heterocycles. The molecule has 1 amide bonds. The van der Waals surface area contributed by atoms with Crippen LogP contribution in [0.5, 0.6) is 5.75 Å². The average Bonchev–Trinajstić information content (AvgIpc) is 3.22. The topological polar surface area (TPSA) is 58.6 Å². The number of rotatable bonds is 7. The molecular formula is C15H21NO3. The predicted molar refractivity (Wildman–Crippen MR) is 73.0 cm³/mol. The van der Waals surface area contributed by atoms with Crippen molar-refractivity contribution in [3.63, 3.8) is 0 Å². The average molecular weight is 263 g/mol. The van der Waals surface area contributed by atoms with Crippen molar-refractivity contribution in [1.82, 2.24) is 5.32 Å². The van der Waals surface area contributed by atoms with Gasteiger partial charge in [0.1, 0.15) is 5.75 Å². The molecular weight excluding hydrogens is 242 g/mol. The van der Waals surface area contributed by atoms with E-state index in [4.69, 9.17) is 4.74 Å². The Kier molecular flexibility index (Phi) is 4.80. The van der Waals surface area contributed by atoms with E-state index in [9.17, 15) is 9.90 Å². The minimum atomic E-state index is -0.517. The second-order valence-electron chi connectivity index (χ2n) is 4.90. The Morgan fingerprint density at radius 2 is 2.21 bits per heavy atom. The van der Waals surface area contributed by atoms with Crippen LogP contribution >= 0.6 is 0 Å². The van der Waals surface area contributed by atoms with Crippen LogP contribution in [0.1, 0.15) is 44.3 Å². The summed E-state index contributed by atoms with van der Waals surface area (Å²) in [5.41, 5.74) is 0.785. The molecule has 1 aromatic rings. The minimum Gasteiger partial charge on any atom is -0.493 e. The van der Waals surface area contributed by atoms with Gasteiger partial charge in [-0.25, -0.2) is 0 Å². The Balaban J connectivity index is 1.82. The third-order valence-corrected chi connectivity index (χ3v) is 3.19. The number of carbonyl (C=O) groups excluding carboxylic acids is 1. The number of carbonyl (C=O) groups is 1. The molecule has 0 spiro atoms. The lowest BCUT2D eigenvalue weighted by molar-refractivity contribution is -0.121. The molecule has 1 aliphatic carbocycles. The summed E-state index contributed by atoms with van der Waals surface area (Å²) < 4.78 is 5.61. The maximum Gasteiger partial charge on any atom is 0.223 e. The maximum atomic E-state index is 11.5. The third-order valence-electron chi connectivity index (χ3n) is 3.19. The summed E-state index contributed by atoms with van der Waals surface area (Å²) in [4.78, 5) is 11.5. The van der Waals surface area contributed by atoms with Gasteiger partial charge >= 0.3 is 0 Å². The number of para-hydroxylation sites is 1. The molecule has 1 aliphatic rings. The number of amides is 1. The highest BCUT2D eigenvalue weighted by atomic mass is 16.5. The molecule has 0 unspecified atom stereocenters. The van der Waals surface area contributed by atoms with E-state index in [1.165, 1.54) is 0 Å². The molecule has 0 heterocycles. The second kappa shape index (κ2) is 6.57. The number of aliphatic hydroxyl groups excluding tert-OH is 1. The molecule has 1 atom stereocenters. The van der Waals surface area contributed by atoms with E-state index in [-0.39, 0.29) is 5.91 Å². The summed E-state index contributed by atoms with van der Waals surface area (Å²) >= 11 is 0. The van der Waals surface area contributed by atoms with Gasteiger partial charge in [0.15, 0.2) is 0 Å². The van der Waals surface area contributed by atoms with Crippen molar-refractivity contribution >= 4 is 5.91 Å². The van der Waals surface area contributed by atoms with E-state index >= 15 is 0 Å². The first kappa shape index (κ1) is 13.9. The van der Waals surface area contributed by atoms with Crippen LogP contribution in [0.2, 0.25) is 0 Å². The van der Waals surface area contributed by atoms with Crippen molar-refractivity contribution in [2.24, 2.45) is 0 Å². The lowest BCUT2D eigenvalue weighted by Crippen LogP contribution is -2.26. The number of ether oxygens (including phenoxy) is 1. The molecule has 4 heteroatoms. The van der Waals surface area contributed by atoms with Gasteiger partial charge in [0.25, 0.3) is 0 Å². The highest BCUT2D eigenvalue weighted by molar-refractivity contribution is 5.76. The SMILES string of the molecule is CC[C@@H](O)c1ccccc1OCCC(=O)NC1CC1. The number of hydrogen-bond acceptors (Lipinski definition) is 3. The lowest BCUT2D eigenvalue weighted by Gasteiger charge is -2.14. The van der Waals surface area contributed by atoms with Gasteiger partial charge in [-0.3, -0.25) is 4.79 Å². The summed E-state index contributed by atoms with van der Waals surface area (Å²) in [6, 6.07) is 7.81. The smallest absolute Gasteiger partial charge is 0.223 e. The monoisotopic (exact) mass is 263 g/mol. The Hall–Kier alpha value is -1.55. The Bertz CT molecular complexity index is 429. The van der Waals surface area contributed by atoms with Crippen LogP contribution in [0.3, 0.4) is 0 Å². The molecule has 19 heavy (non-hydrogen) atoms. The maximum absolute atomic E-state index is 11.5. The van der Waals surface area contributed by atoms with E-state index in [0.717, 1.165) is 18.4 Å². The molecule has 1 aromatic carbocycles. The molecule has 0 aromatic heterocycles. The molecule has 1 saturated carbocycles. The Morgan fingerprint density at radius 1 is 1.47 bits per heavy atom. The number of nitrogens with one attached hydrogen (secondary N) is 1. The van der Waals surface area contributed by atoms with Crippen molar-refractivity contribution in [3.8, 4) is 5.75 Å². The van der Waals surface area contributed by atoms with Crippen molar-refractivity contribution in [2.45, 2.75) is 44.8 Å². The summed E-state index contributed by atoms with van der Waals surface area (Å²) in [6.45, 7) is 2.26. The van der Waals surface area contributed by atoms with Crippen LogP contribution in [-0.4, -0.2) is 23.7 Å². The zero-order chi connectivity index (χ0) is 13.7. The molecule has 0 bridgehead atoms.